The number of anilines is 1. The fourth-order valence-corrected chi connectivity index (χ4v) is 3.37. The maximum atomic E-state index is 11.9. The number of amides is 1. The topological polar surface area (TPSA) is 32.3 Å². The molecule has 0 spiro atoms. The molecule has 1 aliphatic heterocycles. The molecule has 1 amide bonds. The number of halogens is 2. The highest BCUT2D eigenvalue weighted by molar-refractivity contribution is 7.80. The minimum absolute atomic E-state index is 0.0970. The number of carbonyl (C=O) groups is 1. The van der Waals surface area contributed by atoms with Crippen molar-refractivity contribution in [3.8, 4) is 0 Å². The summed E-state index contributed by atoms with van der Waals surface area (Å²) >= 11 is 17.6. The van der Waals surface area contributed by atoms with Gasteiger partial charge in [-0.2, -0.15) is 0 Å². The Bertz CT molecular complexity index is 736. The first-order valence-electron chi connectivity index (χ1n) is 6.69. The van der Waals surface area contributed by atoms with Gasteiger partial charge < -0.3 is 10.2 Å². The zero-order valence-electron chi connectivity index (χ0n) is 11.4. The minimum atomic E-state index is -0.193. The van der Waals surface area contributed by atoms with Crippen molar-refractivity contribution in [2.24, 2.45) is 0 Å². The van der Waals surface area contributed by atoms with Crippen LogP contribution >= 0.6 is 35.4 Å². The third-order valence-corrected chi connectivity index (χ3v) is 4.35. The zero-order valence-corrected chi connectivity index (χ0v) is 13.8. The molecule has 0 aromatic heterocycles. The van der Waals surface area contributed by atoms with E-state index in [1.165, 1.54) is 0 Å². The van der Waals surface area contributed by atoms with Crippen LogP contribution in [0, 0.1) is 0 Å². The Balaban J connectivity index is 2.08. The van der Waals surface area contributed by atoms with Crippen LogP contribution in [-0.2, 0) is 4.79 Å². The molecule has 1 unspecified atom stereocenters. The van der Waals surface area contributed by atoms with Crippen LogP contribution in [0.5, 0.6) is 0 Å². The van der Waals surface area contributed by atoms with E-state index in [-0.39, 0.29) is 11.9 Å². The highest BCUT2D eigenvalue weighted by Gasteiger charge is 2.33. The molecular formula is C16H12Cl2N2OS. The van der Waals surface area contributed by atoms with E-state index in [4.69, 9.17) is 35.4 Å². The lowest BCUT2D eigenvalue weighted by atomic mass is 9.99. The molecule has 1 aliphatic rings. The maximum absolute atomic E-state index is 11.9. The molecule has 22 heavy (non-hydrogen) atoms. The van der Waals surface area contributed by atoms with Crippen LogP contribution in [-0.4, -0.2) is 11.0 Å². The van der Waals surface area contributed by atoms with Gasteiger partial charge in [0.05, 0.1) is 23.2 Å². The van der Waals surface area contributed by atoms with Crippen LogP contribution in [0.1, 0.15) is 18.0 Å². The van der Waals surface area contributed by atoms with Gasteiger partial charge in [-0.3, -0.25) is 4.79 Å². The summed E-state index contributed by atoms with van der Waals surface area (Å²) in [5.41, 5.74) is 1.73. The molecule has 1 heterocycles. The van der Waals surface area contributed by atoms with Crippen LogP contribution < -0.4 is 10.2 Å². The fraction of sp³-hybridized carbons (Fsp3) is 0.125. The molecule has 2 aromatic carbocycles. The summed E-state index contributed by atoms with van der Waals surface area (Å²) in [4.78, 5) is 13.8. The van der Waals surface area contributed by atoms with Crippen LogP contribution in [0.15, 0.2) is 48.5 Å². The Morgan fingerprint density at radius 2 is 1.86 bits per heavy atom. The van der Waals surface area contributed by atoms with E-state index in [0.717, 1.165) is 11.3 Å². The normalized spacial score (nSPS) is 18.3. The summed E-state index contributed by atoms with van der Waals surface area (Å²) in [6, 6.07) is 14.8. The first-order valence-corrected chi connectivity index (χ1v) is 7.85. The molecule has 2 aromatic rings. The largest absolute Gasteiger partial charge is 0.309 e. The van der Waals surface area contributed by atoms with Crippen LogP contribution in [0.2, 0.25) is 10.0 Å². The van der Waals surface area contributed by atoms with E-state index in [1.807, 2.05) is 41.3 Å². The Kier molecular flexibility index (Phi) is 4.34. The van der Waals surface area contributed by atoms with E-state index in [0.29, 0.717) is 21.6 Å². The third-order valence-electron chi connectivity index (χ3n) is 3.51. The van der Waals surface area contributed by atoms with Gasteiger partial charge in [0.1, 0.15) is 0 Å². The van der Waals surface area contributed by atoms with Gasteiger partial charge >= 0.3 is 0 Å². The molecular weight excluding hydrogens is 339 g/mol. The summed E-state index contributed by atoms with van der Waals surface area (Å²) in [7, 11) is 0. The maximum Gasteiger partial charge on any atom is 0.228 e. The van der Waals surface area contributed by atoms with Crippen LogP contribution in [0.25, 0.3) is 0 Å². The van der Waals surface area contributed by atoms with E-state index in [1.54, 1.807) is 12.1 Å². The van der Waals surface area contributed by atoms with Gasteiger partial charge in [0, 0.05) is 5.02 Å². The number of hydrogen-bond acceptors (Lipinski definition) is 2. The summed E-state index contributed by atoms with van der Waals surface area (Å²) in [5.74, 6) is -0.0970. The molecule has 0 bridgehead atoms. The molecule has 1 atom stereocenters. The van der Waals surface area contributed by atoms with Gasteiger partial charge in [0.15, 0.2) is 5.11 Å². The van der Waals surface area contributed by atoms with Crippen LogP contribution in [0.4, 0.5) is 5.69 Å². The number of rotatable bonds is 2. The second-order valence-corrected chi connectivity index (χ2v) is 6.18. The smallest absolute Gasteiger partial charge is 0.228 e. The van der Waals surface area contributed by atoms with Gasteiger partial charge in [0.25, 0.3) is 0 Å². The zero-order chi connectivity index (χ0) is 15.7. The van der Waals surface area contributed by atoms with Crippen molar-refractivity contribution < 1.29 is 4.79 Å². The van der Waals surface area contributed by atoms with Crippen LogP contribution in [0.3, 0.4) is 0 Å². The van der Waals surface area contributed by atoms with Crippen molar-refractivity contribution in [1.29, 1.82) is 0 Å². The molecule has 1 N–H and O–H groups in total. The van der Waals surface area contributed by atoms with Crippen molar-refractivity contribution in [2.45, 2.75) is 12.5 Å². The number of benzene rings is 2. The number of thiocarbonyl (C=S) groups is 1. The SMILES string of the molecule is O=C1CC(c2ccccc2)N(c2ccc(Cl)cc2Cl)C(=S)N1. The van der Waals surface area contributed by atoms with Crippen molar-refractivity contribution >= 4 is 52.1 Å². The van der Waals surface area contributed by atoms with Gasteiger partial charge in [-0.15, -0.1) is 0 Å². The molecule has 6 heteroatoms. The summed E-state index contributed by atoms with van der Waals surface area (Å²) in [6.07, 6.45) is 0.309. The van der Waals surface area contributed by atoms with E-state index in [9.17, 15) is 4.79 Å². The van der Waals surface area contributed by atoms with E-state index in [2.05, 4.69) is 5.32 Å². The lowest BCUT2D eigenvalue weighted by Gasteiger charge is -2.38. The van der Waals surface area contributed by atoms with Crippen molar-refractivity contribution in [3.05, 3.63) is 64.1 Å². The lowest BCUT2D eigenvalue weighted by Crippen LogP contribution is -2.51. The number of carbonyl (C=O) groups excluding carboxylic acids is 1. The van der Waals surface area contributed by atoms with E-state index >= 15 is 0 Å². The van der Waals surface area contributed by atoms with E-state index < -0.39 is 0 Å². The molecule has 112 valence electrons. The summed E-state index contributed by atoms with van der Waals surface area (Å²) in [5, 5.41) is 4.08. The molecule has 3 rings (SSSR count). The van der Waals surface area contributed by atoms with Gasteiger partial charge in [0.2, 0.25) is 5.91 Å². The molecule has 3 nitrogen and oxygen atoms in total. The Hall–Kier alpha value is -1.62. The third kappa shape index (κ3) is 2.95. The molecule has 0 aliphatic carbocycles. The number of nitrogens with one attached hydrogen (secondary N) is 1. The Labute approximate surface area is 143 Å². The highest BCUT2D eigenvalue weighted by atomic mass is 35.5. The lowest BCUT2D eigenvalue weighted by molar-refractivity contribution is -0.120. The van der Waals surface area contributed by atoms with Gasteiger partial charge in [-0.05, 0) is 36.0 Å². The predicted molar refractivity (Wildman–Crippen MR) is 93.5 cm³/mol. The monoisotopic (exact) mass is 350 g/mol. The highest BCUT2D eigenvalue weighted by Crippen LogP contribution is 2.37. The molecule has 1 saturated heterocycles. The second kappa shape index (κ2) is 6.24. The predicted octanol–water partition coefficient (Wildman–Crippen LogP) is 4.35. The van der Waals surface area contributed by atoms with Crippen molar-refractivity contribution in [1.82, 2.24) is 5.32 Å². The second-order valence-electron chi connectivity index (χ2n) is 4.95. The summed E-state index contributed by atoms with van der Waals surface area (Å²) < 4.78 is 0. The molecule has 0 saturated carbocycles. The number of hydrogen-bond donors (Lipinski definition) is 1. The van der Waals surface area contributed by atoms with Crippen molar-refractivity contribution in [2.75, 3.05) is 4.90 Å². The molecule has 0 radical (unpaired) electrons. The van der Waals surface area contributed by atoms with Gasteiger partial charge in [-0.1, -0.05) is 53.5 Å². The first kappa shape index (κ1) is 15.3. The Morgan fingerprint density at radius 1 is 1.14 bits per heavy atom. The average Bonchev–Trinajstić information content (AvgIpc) is 2.49. The van der Waals surface area contributed by atoms with Gasteiger partial charge in [-0.25, -0.2) is 0 Å². The average molecular weight is 351 g/mol. The first-order chi connectivity index (χ1) is 10.6. The summed E-state index contributed by atoms with van der Waals surface area (Å²) in [6.45, 7) is 0. The Morgan fingerprint density at radius 3 is 2.55 bits per heavy atom. The molecule has 1 fully saturated rings. The minimum Gasteiger partial charge on any atom is -0.309 e. The fourth-order valence-electron chi connectivity index (χ4n) is 2.53. The number of nitrogens with zero attached hydrogens (tertiary/aromatic N) is 1. The quantitative estimate of drug-likeness (QED) is 0.817. The van der Waals surface area contributed by atoms with Crippen molar-refractivity contribution in [3.63, 3.8) is 0 Å². The standard InChI is InChI=1S/C16H12Cl2N2OS/c17-11-6-7-13(12(18)8-11)20-14(9-15(21)19-16(20)22)10-4-2-1-3-5-10/h1-8,14H,9H2,(H,19,21,22).